The molecule has 0 aliphatic carbocycles. The molecule has 4 nitrogen and oxygen atoms in total. The summed E-state index contributed by atoms with van der Waals surface area (Å²) in [5.41, 5.74) is 2.06. The highest BCUT2D eigenvalue weighted by atomic mass is 35.5. The number of nitrogens with one attached hydrogen (secondary N) is 1. The maximum Gasteiger partial charge on any atom is 0.163 e. The number of hydrogen-bond donors (Lipinski definition) is 1. The predicted octanol–water partition coefficient (Wildman–Crippen LogP) is 4.51. The number of benzene rings is 2. The number of anilines is 1. The van der Waals surface area contributed by atoms with E-state index < -0.39 is 0 Å². The van der Waals surface area contributed by atoms with Crippen molar-refractivity contribution < 1.29 is 14.2 Å². The summed E-state index contributed by atoms with van der Waals surface area (Å²) in [5.74, 6) is 2.28. The van der Waals surface area contributed by atoms with Gasteiger partial charge in [-0.2, -0.15) is 0 Å². The second-order valence-corrected chi connectivity index (χ2v) is 6.05. The highest BCUT2D eigenvalue weighted by Gasteiger charge is 2.11. The molecule has 0 radical (unpaired) electrons. The van der Waals surface area contributed by atoms with Gasteiger partial charge in [-0.3, -0.25) is 0 Å². The van der Waals surface area contributed by atoms with Crippen LogP contribution in [-0.2, 0) is 6.54 Å². The predicted molar refractivity (Wildman–Crippen MR) is 92.0 cm³/mol. The highest BCUT2D eigenvalue weighted by Crippen LogP contribution is 2.33. The van der Waals surface area contributed by atoms with Gasteiger partial charge in [0.25, 0.3) is 0 Å². The van der Waals surface area contributed by atoms with E-state index in [1.165, 1.54) is 0 Å². The molecule has 0 amide bonds. The van der Waals surface area contributed by atoms with Gasteiger partial charge >= 0.3 is 0 Å². The zero-order valence-corrected chi connectivity index (χ0v) is 14.0. The van der Waals surface area contributed by atoms with Gasteiger partial charge in [-0.1, -0.05) is 17.7 Å². The summed E-state index contributed by atoms with van der Waals surface area (Å²) in [4.78, 5) is 0. The Morgan fingerprint density at radius 2 is 1.87 bits per heavy atom. The molecule has 1 N–H and O–H groups in total. The van der Waals surface area contributed by atoms with E-state index in [1.807, 2.05) is 50.2 Å². The van der Waals surface area contributed by atoms with Crippen LogP contribution in [0.4, 0.5) is 5.69 Å². The molecule has 0 saturated carbocycles. The third-order valence-electron chi connectivity index (χ3n) is 3.40. The van der Waals surface area contributed by atoms with Gasteiger partial charge in [0.2, 0.25) is 0 Å². The van der Waals surface area contributed by atoms with Crippen molar-refractivity contribution in [2.45, 2.75) is 26.5 Å². The minimum absolute atomic E-state index is 0.106. The molecule has 0 atom stereocenters. The van der Waals surface area contributed by atoms with Crippen LogP contribution in [0.3, 0.4) is 0 Å². The fourth-order valence-corrected chi connectivity index (χ4v) is 2.61. The van der Waals surface area contributed by atoms with E-state index in [1.54, 1.807) is 0 Å². The third-order valence-corrected chi connectivity index (χ3v) is 3.69. The van der Waals surface area contributed by atoms with Crippen LogP contribution in [0.2, 0.25) is 5.02 Å². The monoisotopic (exact) mass is 333 g/mol. The minimum atomic E-state index is 0.106. The lowest BCUT2D eigenvalue weighted by Gasteiger charge is -2.19. The molecule has 122 valence electrons. The van der Waals surface area contributed by atoms with Crippen molar-refractivity contribution >= 4 is 17.3 Å². The Morgan fingerprint density at radius 3 is 2.61 bits per heavy atom. The van der Waals surface area contributed by atoms with Crippen molar-refractivity contribution in [1.29, 1.82) is 0 Å². The zero-order chi connectivity index (χ0) is 16.2. The van der Waals surface area contributed by atoms with Gasteiger partial charge in [0.15, 0.2) is 11.5 Å². The average molecular weight is 334 g/mol. The van der Waals surface area contributed by atoms with Crippen LogP contribution in [0.15, 0.2) is 36.4 Å². The maximum absolute atomic E-state index is 6.26. The molecule has 0 bridgehead atoms. The first-order valence-corrected chi connectivity index (χ1v) is 8.08. The van der Waals surface area contributed by atoms with Gasteiger partial charge in [0.05, 0.1) is 11.1 Å². The summed E-state index contributed by atoms with van der Waals surface area (Å²) in [6.07, 6.45) is 0.106. The molecule has 0 spiro atoms. The molecule has 3 rings (SSSR count). The van der Waals surface area contributed by atoms with Gasteiger partial charge < -0.3 is 19.5 Å². The lowest BCUT2D eigenvalue weighted by Crippen LogP contribution is -2.15. The Labute approximate surface area is 141 Å². The summed E-state index contributed by atoms with van der Waals surface area (Å²) in [5, 5.41) is 3.99. The molecule has 1 heterocycles. The van der Waals surface area contributed by atoms with E-state index in [2.05, 4.69) is 5.32 Å². The first kappa shape index (κ1) is 15.8. The fraction of sp³-hybridized carbons (Fsp3) is 0.333. The number of ether oxygens (including phenoxy) is 3. The van der Waals surface area contributed by atoms with Crippen LogP contribution in [0.25, 0.3) is 0 Å². The first-order chi connectivity index (χ1) is 11.1. The molecular weight excluding hydrogens is 314 g/mol. The molecule has 2 aromatic carbocycles. The topological polar surface area (TPSA) is 39.7 Å². The Bertz CT molecular complexity index is 688. The van der Waals surface area contributed by atoms with Crippen molar-refractivity contribution in [3.05, 3.63) is 47.0 Å². The van der Waals surface area contributed by atoms with Crippen LogP contribution in [-0.4, -0.2) is 19.3 Å². The second-order valence-electron chi connectivity index (χ2n) is 5.64. The average Bonchev–Trinajstić information content (AvgIpc) is 2.54. The summed E-state index contributed by atoms with van der Waals surface area (Å²) in [6.45, 7) is 5.81. The van der Waals surface area contributed by atoms with E-state index >= 15 is 0 Å². The highest BCUT2D eigenvalue weighted by molar-refractivity contribution is 6.32. The van der Waals surface area contributed by atoms with Crippen molar-refractivity contribution in [3.63, 3.8) is 0 Å². The van der Waals surface area contributed by atoms with Gasteiger partial charge in [-0.15, -0.1) is 0 Å². The quantitative estimate of drug-likeness (QED) is 0.873. The second kappa shape index (κ2) is 7.01. The maximum atomic E-state index is 6.26. The molecular formula is C18H20ClNO3. The molecule has 2 aromatic rings. The van der Waals surface area contributed by atoms with Crippen molar-refractivity contribution in [2.24, 2.45) is 0 Å². The number of hydrogen-bond acceptors (Lipinski definition) is 4. The molecule has 1 aliphatic heterocycles. The standard InChI is InChI=1S/C18H20ClNO3/c1-12(2)23-16-5-3-13(9-15(16)19)11-20-14-4-6-17-18(10-14)22-8-7-21-17/h3-6,9-10,12,20H,7-8,11H2,1-2H3. The number of fused-ring (bicyclic) bond motifs is 1. The summed E-state index contributed by atoms with van der Waals surface area (Å²) < 4.78 is 16.7. The fourth-order valence-electron chi connectivity index (χ4n) is 2.36. The van der Waals surface area contributed by atoms with Crippen molar-refractivity contribution in [1.82, 2.24) is 0 Å². The van der Waals surface area contributed by atoms with Crippen LogP contribution < -0.4 is 19.5 Å². The van der Waals surface area contributed by atoms with Crippen molar-refractivity contribution in [3.8, 4) is 17.2 Å². The minimum Gasteiger partial charge on any atom is -0.489 e. The summed E-state index contributed by atoms with van der Waals surface area (Å²) >= 11 is 6.26. The molecule has 23 heavy (non-hydrogen) atoms. The number of rotatable bonds is 5. The lowest BCUT2D eigenvalue weighted by molar-refractivity contribution is 0.171. The normalized spacial score (nSPS) is 13.0. The first-order valence-electron chi connectivity index (χ1n) is 7.70. The van der Waals surface area contributed by atoms with Crippen LogP contribution in [0.5, 0.6) is 17.2 Å². The Hall–Kier alpha value is -2.07. The molecule has 5 heteroatoms. The van der Waals surface area contributed by atoms with E-state index in [9.17, 15) is 0 Å². The van der Waals surface area contributed by atoms with Crippen LogP contribution in [0.1, 0.15) is 19.4 Å². The SMILES string of the molecule is CC(C)Oc1ccc(CNc2ccc3c(c2)OCCO3)cc1Cl. The summed E-state index contributed by atoms with van der Waals surface area (Å²) in [6, 6.07) is 11.7. The van der Waals surface area contributed by atoms with E-state index in [0.29, 0.717) is 30.5 Å². The van der Waals surface area contributed by atoms with E-state index in [4.69, 9.17) is 25.8 Å². The molecule has 1 aliphatic rings. The smallest absolute Gasteiger partial charge is 0.163 e. The molecule has 0 saturated heterocycles. The van der Waals surface area contributed by atoms with E-state index in [-0.39, 0.29) is 6.10 Å². The zero-order valence-electron chi connectivity index (χ0n) is 13.3. The largest absolute Gasteiger partial charge is 0.489 e. The van der Waals surface area contributed by atoms with E-state index in [0.717, 1.165) is 22.7 Å². The molecule has 0 fully saturated rings. The van der Waals surface area contributed by atoms with Gasteiger partial charge in [-0.25, -0.2) is 0 Å². The van der Waals surface area contributed by atoms with Gasteiger partial charge in [0, 0.05) is 18.3 Å². The van der Waals surface area contributed by atoms with Crippen molar-refractivity contribution in [2.75, 3.05) is 18.5 Å². The third kappa shape index (κ3) is 4.02. The van der Waals surface area contributed by atoms with Gasteiger partial charge in [-0.05, 0) is 43.7 Å². The molecule has 0 aromatic heterocycles. The number of halogens is 1. The van der Waals surface area contributed by atoms with Crippen LogP contribution in [0, 0.1) is 0 Å². The van der Waals surface area contributed by atoms with Crippen LogP contribution >= 0.6 is 11.6 Å². The molecule has 0 unspecified atom stereocenters. The van der Waals surface area contributed by atoms with Gasteiger partial charge in [0.1, 0.15) is 19.0 Å². The Balaban J connectivity index is 1.65. The lowest BCUT2D eigenvalue weighted by atomic mass is 10.2. The Morgan fingerprint density at radius 1 is 1.09 bits per heavy atom. The summed E-state index contributed by atoms with van der Waals surface area (Å²) in [7, 11) is 0. The Kier molecular flexibility index (Phi) is 4.82.